The molecule has 0 atom stereocenters. The van der Waals surface area contributed by atoms with Crippen molar-refractivity contribution in [2.45, 2.75) is 9.79 Å². The summed E-state index contributed by atoms with van der Waals surface area (Å²) < 4.78 is 66.9. The van der Waals surface area contributed by atoms with Gasteiger partial charge in [-0.25, -0.2) is 8.42 Å². The maximum atomic E-state index is 12.7. The summed E-state index contributed by atoms with van der Waals surface area (Å²) in [6, 6.07) is 15.2. The summed E-state index contributed by atoms with van der Waals surface area (Å²) in [5.41, 5.74) is 0.147. The Bertz CT molecular complexity index is 1610. The second-order valence-corrected chi connectivity index (χ2v) is 9.26. The van der Waals surface area contributed by atoms with Gasteiger partial charge in [-0.2, -0.15) is 13.5 Å². The van der Waals surface area contributed by atoms with Gasteiger partial charge in [0.05, 0.1) is 16.3 Å². The molecule has 0 aromatic heterocycles. The van der Waals surface area contributed by atoms with E-state index in [1.807, 2.05) is 0 Å². The molecule has 4 aromatic rings. The van der Waals surface area contributed by atoms with Crippen LogP contribution in [0, 0.1) is 0 Å². The minimum absolute atomic E-state index is 0. The van der Waals surface area contributed by atoms with Crippen LogP contribution in [-0.2, 0) is 20.2 Å². The molecule has 4 aromatic carbocycles. The van der Waals surface area contributed by atoms with Crippen LogP contribution in [0.4, 0.5) is 11.4 Å². The molecule has 0 saturated carbocycles. The molecular formula is C20H12N2Na2O7S2. The molecule has 33 heavy (non-hydrogen) atoms. The van der Waals surface area contributed by atoms with Crippen molar-refractivity contribution in [3.05, 3.63) is 66.7 Å². The van der Waals surface area contributed by atoms with Crippen LogP contribution in [-0.4, -0.2) is 25.9 Å². The molecule has 0 bridgehead atoms. The number of hydrogen-bond acceptors (Lipinski definition) is 8. The van der Waals surface area contributed by atoms with Crippen LogP contribution >= 0.6 is 0 Å². The Morgan fingerprint density at radius 2 is 1.18 bits per heavy atom. The van der Waals surface area contributed by atoms with Crippen LogP contribution in [0.5, 0.6) is 5.75 Å². The molecular weight excluding hydrogens is 490 g/mol. The van der Waals surface area contributed by atoms with Crippen LogP contribution in [0.15, 0.2) is 86.7 Å². The van der Waals surface area contributed by atoms with E-state index in [-0.39, 0.29) is 91.5 Å². The third-order valence-corrected chi connectivity index (χ3v) is 6.43. The number of hydrogen-bond donors (Lipinski definition) is 1. The van der Waals surface area contributed by atoms with E-state index in [1.54, 1.807) is 18.2 Å². The fourth-order valence-corrected chi connectivity index (χ4v) is 4.65. The maximum absolute atomic E-state index is 12.7. The van der Waals surface area contributed by atoms with Gasteiger partial charge < -0.3 is 9.66 Å². The zero-order chi connectivity index (χ0) is 22.4. The molecule has 0 fully saturated rings. The summed E-state index contributed by atoms with van der Waals surface area (Å²) in [7, 11) is -9.22. The van der Waals surface area contributed by atoms with E-state index < -0.39 is 30.9 Å². The topological polar surface area (TPSA) is 159 Å². The molecule has 0 heterocycles. The van der Waals surface area contributed by atoms with Gasteiger partial charge in [0.2, 0.25) is 0 Å². The quantitative estimate of drug-likeness (QED) is 0.186. The smallest absolute Gasteiger partial charge is 0.871 e. The molecule has 0 aliphatic heterocycles. The fraction of sp³-hybridized carbons (Fsp3) is 0. The SMILES string of the molecule is O=S(=O)([O-])c1cccc2c([O-])c(N=Nc3ccc(S(=O)(=O)O)c4ccccc34)ccc12.[Na+].[Na+]. The largest absolute Gasteiger partial charge is 1.00 e. The molecule has 9 nitrogen and oxygen atoms in total. The molecule has 0 unspecified atom stereocenters. The van der Waals surface area contributed by atoms with Crippen LogP contribution in [0.2, 0.25) is 0 Å². The van der Waals surface area contributed by atoms with E-state index in [4.69, 9.17) is 0 Å². The normalized spacial score (nSPS) is 11.9. The van der Waals surface area contributed by atoms with Crippen LogP contribution < -0.4 is 64.2 Å². The van der Waals surface area contributed by atoms with Gasteiger partial charge in [0, 0.05) is 10.8 Å². The Labute approximate surface area is 233 Å². The second-order valence-electron chi connectivity index (χ2n) is 6.52. The van der Waals surface area contributed by atoms with Crippen LogP contribution in [0.25, 0.3) is 21.5 Å². The molecule has 0 aliphatic rings. The third-order valence-electron chi connectivity index (χ3n) is 4.63. The molecule has 158 valence electrons. The number of benzene rings is 4. The van der Waals surface area contributed by atoms with Crippen molar-refractivity contribution in [1.29, 1.82) is 0 Å². The maximum Gasteiger partial charge on any atom is 1.00 e. The van der Waals surface area contributed by atoms with Crippen molar-refractivity contribution in [3.8, 4) is 5.75 Å². The van der Waals surface area contributed by atoms with E-state index >= 15 is 0 Å². The van der Waals surface area contributed by atoms with Crippen molar-refractivity contribution in [2.75, 3.05) is 0 Å². The van der Waals surface area contributed by atoms with E-state index in [0.29, 0.717) is 5.39 Å². The standard InChI is InChI=1S/C20H14N2O7S2.2Na/c23-20-15-6-3-7-18(30(24,25)26)14(15)8-9-17(20)22-21-16-10-11-19(31(27,28)29)13-5-2-1-4-12(13)16;;/h1-11,23H,(H,24,25,26)(H,27,28,29);;/q;2*+1/p-2. The molecule has 1 N–H and O–H groups in total. The van der Waals surface area contributed by atoms with Gasteiger partial charge >= 0.3 is 59.1 Å². The van der Waals surface area contributed by atoms with Crippen LogP contribution in [0.1, 0.15) is 0 Å². The van der Waals surface area contributed by atoms with Gasteiger partial charge in [0.1, 0.15) is 15.0 Å². The number of nitrogens with zero attached hydrogens (tertiary/aromatic N) is 2. The predicted octanol–water partition coefficient (Wildman–Crippen LogP) is -2.36. The Morgan fingerprint density at radius 1 is 0.636 bits per heavy atom. The Morgan fingerprint density at radius 3 is 1.82 bits per heavy atom. The average Bonchev–Trinajstić information content (AvgIpc) is 2.71. The Balaban J connectivity index is 0.00000193. The molecule has 0 spiro atoms. The van der Waals surface area contributed by atoms with Gasteiger partial charge in [0.15, 0.2) is 0 Å². The zero-order valence-electron chi connectivity index (χ0n) is 17.5. The molecule has 0 aliphatic carbocycles. The molecule has 4 rings (SSSR count). The summed E-state index contributed by atoms with van der Waals surface area (Å²) in [6.07, 6.45) is 0. The molecule has 0 amide bonds. The summed E-state index contributed by atoms with van der Waals surface area (Å²) in [5.74, 6) is -0.620. The van der Waals surface area contributed by atoms with E-state index in [9.17, 15) is 31.0 Å². The predicted molar refractivity (Wildman–Crippen MR) is 109 cm³/mol. The first-order chi connectivity index (χ1) is 14.6. The van der Waals surface area contributed by atoms with Gasteiger partial charge in [-0.15, -0.1) is 5.11 Å². The van der Waals surface area contributed by atoms with Crippen LogP contribution in [0.3, 0.4) is 0 Å². The first-order valence-electron chi connectivity index (χ1n) is 8.67. The van der Waals surface area contributed by atoms with E-state index in [1.165, 1.54) is 42.5 Å². The number of fused-ring (bicyclic) bond motifs is 2. The average molecular weight is 502 g/mol. The minimum atomic E-state index is -4.77. The number of azo groups is 1. The summed E-state index contributed by atoms with van der Waals surface area (Å²) in [5, 5.41) is 21.3. The Kier molecular flexibility index (Phi) is 8.85. The third kappa shape index (κ3) is 5.65. The van der Waals surface area contributed by atoms with Crippen molar-refractivity contribution in [3.63, 3.8) is 0 Å². The molecule has 0 radical (unpaired) electrons. The summed E-state index contributed by atoms with van der Waals surface area (Å²) in [6.45, 7) is 0. The fourth-order valence-electron chi connectivity index (χ4n) is 3.26. The van der Waals surface area contributed by atoms with E-state index in [0.717, 1.165) is 6.07 Å². The van der Waals surface area contributed by atoms with Crippen molar-refractivity contribution in [2.24, 2.45) is 10.2 Å². The van der Waals surface area contributed by atoms with Gasteiger partial charge in [0.25, 0.3) is 10.1 Å². The summed E-state index contributed by atoms with van der Waals surface area (Å²) in [4.78, 5) is -0.791. The molecule has 13 heteroatoms. The van der Waals surface area contributed by atoms with Gasteiger partial charge in [-0.1, -0.05) is 48.2 Å². The van der Waals surface area contributed by atoms with Gasteiger partial charge in [-0.3, -0.25) is 4.55 Å². The zero-order valence-corrected chi connectivity index (χ0v) is 23.1. The summed E-state index contributed by atoms with van der Waals surface area (Å²) >= 11 is 0. The van der Waals surface area contributed by atoms with Gasteiger partial charge in [-0.05, 0) is 35.0 Å². The minimum Gasteiger partial charge on any atom is -0.871 e. The monoisotopic (exact) mass is 502 g/mol. The van der Waals surface area contributed by atoms with Crippen molar-refractivity contribution in [1.82, 2.24) is 0 Å². The second kappa shape index (κ2) is 10.5. The first-order valence-corrected chi connectivity index (χ1v) is 11.5. The molecule has 0 saturated heterocycles. The van der Waals surface area contributed by atoms with Crippen molar-refractivity contribution < 1.29 is 90.2 Å². The Hall–Kier alpha value is -1.38. The van der Waals surface area contributed by atoms with E-state index in [2.05, 4.69) is 10.2 Å². The van der Waals surface area contributed by atoms with Crippen molar-refractivity contribution >= 4 is 53.2 Å². The first kappa shape index (κ1) is 27.9. The number of rotatable bonds is 4.